The first kappa shape index (κ1) is 23.6. The summed E-state index contributed by atoms with van der Waals surface area (Å²) >= 11 is 1.46. The normalized spacial score (nSPS) is 11.0. The molecule has 0 bridgehead atoms. The van der Waals surface area contributed by atoms with Crippen LogP contribution in [-0.4, -0.2) is 33.9 Å². The van der Waals surface area contributed by atoms with Crippen molar-refractivity contribution in [2.75, 3.05) is 18.5 Å². The molecule has 3 aromatic carbocycles. The lowest BCUT2D eigenvalue weighted by atomic mass is 10.0. The van der Waals surface area contributed by atoms with Gasteiger partial charge in [0.2, 0.25) is 5.13 Å². The van der Waals surface area contributed by atoms with Gasteiger partial charge in [0.15, 0.2) is 0 Å². The van der Waals surface area contributed by atoms with Gasteiger partial charge in [-0.2, -0.15) is 9.78 Å². The van der Waals surface area contributed by atoms with E-state index in [2.05, 4.69) is 10.4 Å². The molecular weight excluding hydrogens is 472 g/mol. The van der Waals surface area contributed by atoms with E-state index in [4.69, 9.17) is 14.5 Å². The zero-order chi connectivity index (χ0) is 25.1. The van der Waals surface area contributed by atoms with E-state index in [1.807, 2.05) is 92.9 Å². The Hall–Kier alpha value is -4.17. The fraction of sp³-hybridized carbons (Fsp3) is 0.179. The highest BCUT2D eigenvalue weighted by molar-refractivity contribution is 7.12. The number of aromatic nitrogens is 3. The topological polar surface area (TPSA) is 78.3 Å². The average molecular weight is 499 g/mol. The van der Waals surface area contributed by atoms with E-state index in [1.165, 1.54) is 11.3 Å². The van der Waals surface area contributed by atoms with E-state index in [-0.39, 0.29) is 5.91 Å². The highest BCUT2D eigenvalue weighted by Crippen LogP contribution is 2.31. The predicted octanol–water partition coefficient (Wildman–Crippen LogP) is 6.51. The molecule has 0 aliphatic rings. The van der Waals surface area contributed by atoms with Crippen molar-refractivity contribution in [3.63, 3.8) is 0 Å². The third-order valence-electron chi connectivity index (χ3n) is 5.63. The summed E-state index contributed by atoms with van der Waals surface area (Å²) in [5.74, 6) is 1.65. The van der Waals surface area contributed by atoms with Crippen molar-refractivity contribution >= 4 is 33.8 Å². The van der Waals surface area contributed by atoms with Crippen LogP contribution in [0.15, 0.2) is 72.1 Å². The number of fused-ring (bicyclic) bond motifs is 1. The van der Waals surface area contributed by atoms with Gasteiger partial charge in [0.1, 0.15) is 17.3 Å². The number of aryl methyl sites for hydroxylation is 1. The van der Waals surface area contributed by atoms with Gasteiger partial charge < -0.3 is 14.8 Å². The first-order valence-electron chi connectivity index (χ1n) is 11.8. The molecule has 36 heavy (non-hydrogen) atoms. The number of nitrogens with zero attached hydrogens (tertiary/aromatic N) is 3. The van der Waals surface area contributed by atoms with Crippen molar-refractivity contribution in [2.45, 2.75) is 20.8 Å². The maximum Gasteiger partial charge on any atom is 0.261 e. The van der Waals surface area contributed by atoms with Crippen LogP contribution in [0, 0.1) is 6.92 Å². The van der Waals surface area contributed by atoms with Crippen LogP contribution in [0.1, 0.15) is 29.9 Å². The van der Waals surface area contributed by atoms with Crippen LogP contribution in [0.25, 0.3) is 27.2 Å². The fourth-order valence-corrected chi connectivity index (χ4v) is 4.85. The molecule has 7 nitrogen and oxygen atoms in total. The van der Waals surface area contributed by atoms with Gasteiger partial charge in [0.25, 0.3) is 5.91 Å². The molecule has 0 fully saturated rings. The Balaban J connectivity index is 1.46. The van der Waals surface area contributed by atoms with Crippen molar-refractivity contribution in [3.8, 4) is 27.9 Å². The van der Waals surface area contributed by atoms with Crippen molar-refractivity contribution in [2.24, 2.45) is 0 Å². The molecule has 182 valence electrons. The lowest BCUT2D eigenvalue weighted by Gasteiger charge is -2.14. The minimum absolute atomic E-state index is 0.264. The zero-order valence-electron chi connectivity index (χ0n) is 20.3. The second-order valence-corrected chi connectivity index (χ2v) is 8.94. The standard InChI is InChI=1S/C28H26N4O3S/c1-4-34-21-13-10-20(11-14-21)23-17-36-28(29-23)32-25(16-18(3)31-32)30-27(33)26-22-9-7-6-8-19(22)12-15-24(26)35-5-2/h6-17H,4-5H2,1-3H3,(H,30,33). The molecule has 0 saturated carbocycles. The van der Waals surface area contributed by atoms with Crippen LogP contribution in [-0.2, 0) is 0 Å². The Morgan fingerprint density at radius 3 is 2.56 bits per heavy atom. The summed E-state index contributed by atoms with van der Waals surface area (Å²) in [6.45, 7) is 6.83. The summed E-state index contributed by atoms with van der Waals surface area (Å²) in [7, 11) is 0. The number of rotatable bonds is 8. The fourth-order valence-electron chi connectivity index (χ4n) is 4.06. The van der Waals surface area contributed by atoms with Crippen LogP contribution in [0.2, 0.25) is 0 Å². The Bertz CT molecular complexity index is 1520. The van der Waals surface area contributed by atoms with Crippen LogP contribution in [0.4, 0.5) is 5.82 Å². The second-order valence-electron chi connectivity index (χ2n) is 8.10. The number of amides is 1. The molecule has 0 aliphatic carbocycles. The first-order valence-corrected chi connectivity index (χ1v) is 12.7. The number of ether oxygens (including phenoxy) is 2. The summed E-state index contributed by atoms with van der Waals surface area (Å²) in [6, 6.07) is 21.2. The second kappa shape index (κ2) is 10.2. The number of benzene rings is 3. The molecule has 0 spiro atoms. The average Bonchev–Trinajstić information content (AvgIpc) is 3.51. The molecular formula is C28H26N4O3S. The van der Waals surface area contributed by atoms with Crippen LogP contribution in [0.3, 0.4) is 0 Å². The van der Waals surface area contributed by atoms with Crippen molar-refractivity contribution in [1.82, 2.24) is 14.8 Å². The Morgan fingerprint density at radius 2 is 1.78 bits per heavy atom. The molecule has 0 radical (unpaired) electrons. The molecule has 0 unspecified atom stereocenters. The number of carbonyl (C=O) groups is 1. The van der Waals surface area contributed by atoms with Crippen molar-refractivity contribution in [3.05, 3.63) is 83.4 Å². The Morgan fingerprint density at radius 1 is 1.00 bits per heavy atom. The highest BCUT2D eigenvalue weighted by Gasteiger charge is 2.20. The molecule has 5 rings (SSSR count). The van der Waals surface area contributed by atoms with Crippen molar-refractivity contribution in [1.29, 1.82) is 0 Å². The smallest absolute Gasteiger partial charge is 0.261 e. The molecule has 2 heterocycles. The monoisotopic (exact) mass is 498 g/mol. The number of hydrogen-bond acceptors (Lipinski definition) is 6. The van der Waals surface area contributed by atoms with Gasteiger partial charge in [-0.15, -0.1) is 11.3 Å². The van der Waals surface area contributed by atoms with Gasteiger partial charge in [0.05, 0.1) is 30.2 Å². The van der Waals surface area contributed by atoms with Gasteiger partial charge in [-0.25, -0.2) is 4.98 Å². The molecule has 0 atom stereocenters. The maximum atomic E-state index is 13.6. The number of carbonyl (C=O) groups excluding carboxylic acids is 1. The molecule has 0 aliphatic heterocycles. The molecule has 8 heteroatoms. The minimum atomic E-state index is -0.264. The summed E-state index contributed by atoms with van der Waals surface area (Å²) in [4.78, 5) is 18.3. The molecule has 2 aromatic heterocycles. The lowest BCUT2D eigenvalue weighted by molar-refractivity contribution is 0.102. The quantitative estimate of drug-likeness (QED) is 0.264. The summed E-state index contributed by atoms with van der Waals surface area (Å²) in [5, 5.41) is 12.1. The third-order valence-corrected chi connectivity index (χ3v) is 6.44. The molecule has 0 saturated heterocycles. The van der Waals surface area contributed by atoms with Gasteiger partial charge in [0, 0.05) is 17.0 Å². The Labute approximate surface area is 213 Å². The first-order chi connectivity index (χ1) is 17.6. The number of hydrogen-bond donors (Lipinski definition) is 1. The van der Waals surface area contributed by atoms with E-state index in [9.17, 15) is 4.79 Å². The number of nitrogens with one attached hydrogen (secondary N) is 1. The van der Waals surface area contributed by atoms with Gasteiger partial charge in [-0.1, -0.05) is 30.3 Å². The summed E-state index contributed by atoms with van der Waals surface area (Å²) in [6.07, 6.45) is 0. The van der Waals surface area contributed by atoms with E-state index < -0.39 is 0 Å². The van der Waals surface area contributed by atoms with Crippen LogP contribution < -0.4 is 14.8 Å². The summed E-state index contributed by atoms with van der Waals surface area (Å²) < 4.78 is 13.0. The van der Waals surface area contributed by atoms with Crippen LogP contribution >= 0.6 is 11.3 Å². The van der Waals surface area contributed by atoms with Crippen LogP contribution in [0.5, 0.6) is 11.5 Å². The highest BCUT2D eigenvalue weighted by atomic mass is 32.1. The third kappa shape index (κ3) is 4.67. The minimum Gasteiger partial charge on any atom is -0.494 e. The molecule has 5 aromatic rings. The van der Waals surface area contributed by atoms with E-state index >= 15 is 0 Å². The van der Waals surface area contributed by atoms with Gasteiger partial charge in [-0.05, 0) is 61.9 Å². The Kier molecular flexibility index (Phi) is 6.69. The van der Waals surface area contributed by atoms with E-state index in [0.29, 0.717) is 35.5 Å². The van der Waals surface area contributed by atoms with Crippen molar-refractivity contribution < 1.29 is 14.3 Å². The van der Waals surface area contributed by atoms with Gasteiger partial charge in [-0.3, -0.25) is 4.79 Å². The van der Waals surface area contributed by atoms with Gasteiger partial charge >= 0.3 is 0 Å². The SMILES string of the molecule is CCOc1ccc(-c2csc(-n3nc(C)cc3NC(=O)c3c(OCC)ccc4ccccc34)n2)cc1. The summed E-state index contributed by atoms with van der Waals surface area (Å²) in [5.41, 5.74) is 3.07. The zero-order valence-corrected chi connectivity index (χ0v) is 21.1. The maximum absolute atomic E-state index is 13.6. The molecule has 1 amide bonds. The predicted molar refractivity (Wildman–Crippen MR) is 144 cm³/mol. The molecule has 1 N–H and O–H groups in total. The van der Waals surface area contributed by atoms with E-state index in [0.717, 1.165) is 33.5 Å². The number of thiazole rings is 1. The van der Waals surface area contributed by atoms with E-state index in [1.54, 1.807) is 4.68 Å². The largest absolute Gasteiger partial charge is 0.494 e. The number of anilines is 1. The lowest BCUT2D eigenvalue weighted by Crippen LogP contribution is -2.17.